The second kappa shape index (κ2) is 28.7. The average molecular weight is 1420 g/mol. The minimum atomic E-state index is -2.14. The van der Waals surface area contributed by atoms with Gasteiger partial charge in [-0.3, -0.25) is 9.59 Å². The van der Waals surface area contributed by atoms with Crippen molar-refractivity contribution in [3.8, 4) is 11.5 Å². The first-order valence-electron chi connectivity index (χ1n) is 31.8. The van der Waals surface area contributed by atoms with Crippen LogP contribution in [0.1, 0.15) is 91.1 Å². The summed E-state index contributed by atoms with van der Waals surface area (Å²) in [5.74, 6) is -7.69. The number of aliphatic hydroxyl groups is 6. The Morgan fingerprint density at radius 1 is 0.656 bits per heavy atom. The molecule has 96 heavy (non-hydrogen) atoms. The Bertz CT molecular complexity index is 2930. The molecular weight excluding hydrogens is 1330 g/mol. The fourth-order valence-corrected chi connectivity index (χ4v) is 15.0. The summed E-state index contributed by atoms with van der Waals surface area (Å²) in [6.07, 6.45) is -36.9. The molecule has 0 amide bonds. The maximum absolute atomic E-state index is 13.6. The first-order valence-corrected chi connectivity index (χ1v) is 32.6. The van der Waals surface area contributed by atoms with Gasteiger partial charge in [-0.05, 0) is 61.0 Å². The lowest BCUT2D eigenvalue weighted by atomic mass is 9.81. The van der Waals surface area contributed by atoms with Gasteiger partial charge in [0.05, 0.1) is 80.4 Å². The summed E-state index contributed by atoms with van der Waals surface area (Å²) in [5.41, 5.74) is -3.87. The van der Waals surface area contributed by atoms with E-state index in [0.29, 0.717) is 0 Å². The van der Waals surface area contributed by atoms with E-state index in [2.05, 4.69) is 0 Å². The Labute approximate surface area is 562 Å². The van der Waals surface area contributed by atoms with Gasteiger partial charge >= 0.3 is 17.9 Å². The molecule has 10 aliphatic rings. The largest absolute Gasteiger partial charge is 0.505 e. The van der Waals surface area contributed by atoms with Crippen molar-refractivity contribution in [2.24, 2.45) is 5.92 Å². The third-order valence-electron chi connectivity index (χ3n) is 19.6. The Kier molecular flexibility index (Phi) is 22.1. The highest BCUT2D eigenvalue weighted by Crippen LogP contribution is 2.53. The highest BCUT2D eigenvalue weighted by molar-refractivity contribution is 6.39. The molecule has 1 aromatic rings. The van der Waals surface area contributed by atoms with Crippen molar-refractivity contribution in [3.05, 3.63) is 21.2 Å². The molecule has 33 nitrogen and oxygen atoms in total. The maximum atomic E-state index is 13.6. The van der Waals surface area contributed by atoms with Crippen LogP contribution in [0.2, 0.25) is 10.0 Å². The van der Waals surface area contributed by atoms with E-state index in [1.165, 1.54) is 49.2 Å². The number of hydrogen-bond donors (Lipinski definition) is 7. The summed E-state index contributed by atoms with van der Waals surface area (Å²) < 4.78 is 141. The second-order valence-electron chi connectivity index (χ2n) is 26.3. The van der Waals surface area contributed by atoms with Gasteiger partial charge < -0.3 is 145 Å². The number of aromatic hydroxyl groups is 1. The number of aliphatic hydroxyl groups excluding tert-OH is 5. The molecule has 2 spiro atoms. The van der Waals surface area contributed by atoms with Gasteiger partial charge in [0.2, 0.25) is 6.29 Å². The summed E-state index contributed by atoms with van der Waals surface area (Å²) in [6.45, 7) is 14.4. The Balaban J connectivity index is 0.732. The molecule has 32 atom stereocenters. The van der Waals surface area contributed by atoms with Gasteiger partial charge in [0.25, 0.3) is 5.97 Å². The van der Waals surface area contributed by atoms with E-state index in [4.69, 9.17) is 132 Å². The number of carbonyl (C=O) groups excluding carboxylic acids is 3. The van der Waals surface area contributed by atoms with E-state index in [1.54, 1.807) is 48.5 Å². The number of ketones is 1. The van der Waals surface area contributed by atoms with Gasteiger partial charge in [-0.15, -0.1) is 0 Å². The van der Waals surface area contributed by atoms with Crippen LogP contribution in [0.25, 0.3) is 0 Å². The van der Waals surface area contributed by atoms with Crippen molar-refractivity contribution in [2.45, 2.75) is 277 Å². The van der Waals surface area contributed by atoms with Gasteiger partial charge in [0.15, 0.2) is 66.4 Å². The Morgan fingerprint density at radius 2 is 1.33 bits per heavy atom. The van der Waals surface area contributed by atoms with E-state index < -0.39 is 224 Å². The molecule has 0 aromatic heterocycles. The molecule has 0 bridgehead atoms. The number of esters is 2. The van der Waals surface area contributed by atoms with E-state index in [0.717, 1.165) is 0 Å². The maximum Gasteiger partial charge on any atom is 0.342 e. The molecule has 10 aliphatic heterocycles. The number of Topliss-reactive ketones (excluding diaryl/α,β-unsaturated/α-hetero) is 1. The fraction of sp³-hybridized carbons (Fsp3) is 0.852. The van der Waals surface area contributed by atoms with Crippen LogP contribution in [-0.4, -0.2) is 297 Å². The SMILES string of the molecule is COC[C@H]1O[C@@H](O[C@@H]2OC[C@@H]3O[C@]4(O[C@H]3[C@H]2OC(=O)C(C)C)O[C@@H](C)[C@](O)(C(C)=O)[C@H]2OCO[C@H]24)[C@@H](OC)[C@@H](O)[C@@H]1O[C@@H]1O[C@H](C)[C@H](OC)[C@H](O[C@@H]2O[C@H](C)[C@H]3O[C@]4(C[C@H](O)[C@H](O[C@H]5C[C@@H](O)[C@H](OC(=O)c6c(C)c(Cl)c(O)c(Cl)c6OC)[C@@H](C)O5)[C@@H](C)O4)O[C@]3(C)[C@@H]2O)[C@H]1O. The van der Waals surface area contributed by atoms with E-state index in [-0.39, 0.29) is 59.8 Å². The van der Waals surface area contributed by atoms with Crippen molar-refractivity contribution < 1.29 is 159 Å². The monoisotopic (exact) mass is 1420 g/mol. The predicted octanol–water partition coefficient (Wildman–Crippen LogP) is 0.0228. The molecule has 0 aliphatic carbocycles. The van der Waals surface area contributed by atoms with Gasteiger partial charge in [-0.25, -0.2) is 4.79 Å². The molecule has 35 heteroatoms. The summed E-state index contributed by atoms with van der Waals surface area (Å²) >= 11 is 12.5. The predicted molar refractivity (Wildman–Crippen MR) is 314 cm³/mol. The molecular formula is C61H88Cl2O33. The molecule has 10 heterocycles. The molecule has 1 aromatic carbocycles. The third-order valence-corrected chi connectivity index (χ3v) is 20.4. The van der Waals surface area contributed by atoms with Gasteiger partial charge in [0, 0.05) is 27.8 Å². The summed E-state index contributed by atoms with van der Waals surface area (Å²) in [6, 6.07) is 0. The lowest BCUT2D eigenvalue weighted by Gasteiger charge is -2.50. The molecule has 11 rings (SSSR count). The summed E-state index contributed by atoms with van der Waals surface area (Å²) in [5, 5.41) is 81.4. The van der Waals surface area contributed by atoms with Crippen molar-refractivity contribution in [1.29, 1.82) is 0 Å². The van der Waals surface area contributed by atoms with Gasteiger partial charge in [-0.2, -0.15) is 0 Å². The Hall–Kier alpha value is -3.03. The van der Waals surface area contributed by atoms with Gasteiger partial charge in [0.1, 0.15) is 102 Å². The number of halogens is 2. The topological polar surface area (TPSA) is 405 Å². The molecule has 544 valence electrons. The number of phenolic OH excluding ortho intramolecular Hbond substituents is 1. The normalized spacial score (nSPS) is 47.7. The molecule has 10 saturated heterocycles. The third kappa shape index (κ3) is 13.1. The number of rotatable bonds is 18. The van der Waals surface area contributed by atoms with Crippen molar-refractivity contribution in [3.63, 3.8) is 0 Å². The van der Waals surface area contributed by atoms with Crippen LogP contribution in [0.15, 0.2) is 0 Å². The van der Waals surface area contributed by atoms with Crippen molar-refractivity contribution in [2.75, 3.05) is 48.4 Å². The van der Waals surface area contributed by atoms with E-state index >= 15 is 0 Å². The number of methoxy groups -OCH3 is 4. The quantitative estimate of drug-likeness (QED) is 0.0953. The molecule has 0 radical (unpaired) electrons. The first kappa shape index (κ1) is 74.2. The molecule has 0 saturated carbocycles. The van der Waals surface area contributed by atoms with Crippen LogP contribution in [0, 0.1) is 12.8 Å². The minimum Gasteiger partial charge on any atom is -0.505 e. The smallest absolute Gasteiger partial charge is 0.342 e. The number of phenols is 1. The van der Waals surface area contributed by atoms with Crippen molar-refractivity contribution >= 4 is 40.9 Å². The first-order chi connectivity index (χ1) is 45.3. The molecule has 7 N–H and O–H groups in total. The van der Waals surface area contributed by atoms with Crippen LogP contribution in [0.5, 0.6) is 11.5 Å². The summed E-state index contributed by atoms with van der Waals surface area (Å²) in [7, 11) is 5.24. The highest BCUT2D eigenvalue weighted by atomic mass is 35.5. The lowest BCUT2D eigenvalue weighted by molar-refractivity contribution is -0.428. The van der Waals surface area contributed by atoms with Crippen LogP contribution < -0.4 is 4.74 Å². The minimum absolute atomic E-state index is 0.122. The zero-order valence-electron chi connectivity index (χ0n) is 55.3. The zero-order chi connectivity index (χ0) is 69.7. The number of benzene rings is 1. The van der Waals surface area contributed by atoms with Crippen LogP contribution in [-0.2, 0) is 114 Å². The Morgan fingerprint density at radius 3 is 1.98 bits per heavy atom. The summed E-state index contributed by atoms with van der Waals surface area (Å²) in [4.78, 5) is 39.8. The lowest BCUT2D eigenvalue weighted by Crippen LogP contribution is -2.72. The van der Waals surface area contributed by atoms with Gasteiger partial charge in [-0.1, -0.05) is 37.0 Å². The van der Waals surface area contributed by atoms with Crippen LogP contribution in [0.3, 0.4) is 0 Å². The fourth-order valence-electron chi connectivity index (χ4n) is 14.5. The molecule has 0 unspecified atom stereocenters. The number of carbonyl (C=O) groups is 3. The molecule has 10 fully saturated rings. The van der Waals surface area contributed by atoms with E-state index in [1.807, 2.05) is 0 Å². The highest BCUT2D eigenvalue weighted by Gasteiger charge is 2.73. The van der Waals surface area contributed by atoms with Crippen LogP contribution in [0.4, 0.5) is 0 Å². The standard InChI is InChI=1S/C61H88Cl2O33/c1-20(2)52(71)87-47-43-31(93-61(94-43)51-50(79-19-80-51)60(73,26(8)64)27(9)92-61)18-78-55(47)90-56-46(77-14)37(68)42(30(84-56)17-74-11)88-54-38(69)45(41(75-12)23(5)82-54)89-57-48(70)58(10)49(25(7)83-57)95-59(96-58)16-29(66)40(24(6)91-59)85-32-15-28(65)39(22(4)81-32)86-53(72)33-21(3)34(62)36(67)35(63)44(33)76-13/h20,22-25,27-32,37-43,45-51,54-57,65-70,73H,15-19H2,1-14H3/t22-,23-,24-,25-,27+,28-,29+,30-,31+,32+,37+,38-,39-,40-,41+,42-,43-,45-,46+,47-,48-,49-,50+,51-,54+,55+,56+,57+,58-,59-,60-,61-/m1/s1. The van der Waals surface area contributed by atoms with E-state index in [9.17, 15) is 50.1 Å². The average Bonchev–Trinajstić information content (AvgIpc) is 1.54. The zero-order valence-corrected chi connectivity index (χ0v) is 56.8. The second-order valence-corrected chi connectivity index (χ2v) is 27.0. The number of fused-ring (bicyclic) bond motifs is 4. The number of ether oxygens (including phenoxy) is 23. The van der Waals surface area contributed by atoms with Crippen LogP contribution >= 0.6 is 23.2 Å². The van der Waals surface area contributed by atoms with Crippen molar-refractivity contribution in [1.82, 2.24) is 0 Å². The number of hydrogen-bond acceptors (Lipinski definition) is 33.